The average Bonchev–Trinajstić information content (AvgIpc) is 2.08. The monoisotopic (exact) mass is 199 g/mol. The van der Waals surface area contributed by atoms with Crippen molar-refractivity contribution < 1.29 is 9.85 Å². The van der Waals surface area contributed by atoms with Crippen molar-refractivity contribution in [2.75, 3.05) is 11.5 Å². The summed E-state index contributed by atoms with van der Waals surface area (Å²) >= 11 is 0. The van der Waals surface area contributed by atoms with Gasteiger partial charge >= 0.3 is 11.4 Å². The molecule has 9 heteroatoms. The summed E-state index contributed by atoms with van der Waals surface area (Å²) < 4.78 is 0. The van der Waals surface area contributed by atoms with E-state index < -0.39 is 26.9 Å². The summed E-state index contributed by atoms with van der Waals surface area (Å²) in [7, 11) is 0. The van der Waals surface area contributed by atoms with Gasteiger partial charge in [0.05, 0.1) is 9.85 Å². The number of nitrogens with zero attached hydrogens (tertiary/aromatic N) is 3. The summed E-state index contributed by atoms with van der Waals surface area (Å²) in [5.74, 6) is -0.303. The summed E-state index contributed by atoms with van der Waals surface area (Å²) in [6.07, 6.45) is 0.698. The molecule has 0 aliphatic rings. The zero-order valence-electron chi connectivity index (χ0n) is 6.71. The van der Waals surface area contributed by atoms with Crippen molar-refractivity contribution in [3.8, 4) is 0 Å². The number of anilines is 2. The van der Waals surface area contributed by atoms with Gasteiger partial charge in [-0.05, 0) is 0 Å². The molecule has 1 aromatic heterocycles. The third-order valence-electron chi connectivity index (χ3n) is 1.48. The largest absolute Gasteiger partial charge is 0.390 e. The van der Waals surface area contributed by atoms with Crippen LogP contribution in [0.2, 0.25) is 0 Å². The normalized spacial score (nSPS) is 9.71. The molecule has 1 aromatic rings. The van der Waals surface area contributed by atoms with E-state index in [0.29, 0.717) is 6.20 Å². The van der Waals surface area contributed by atoms with Gasteiger partial charge in [0.25, 0.3) is 0 Å². The molecule has 0 aliphatic heterocycles. The van der Waals surface area contributed by atoms with Crippen molar-refractivity contribution >= 4 is 22.9 Å². The first kappa shape index (κ1) is 9.64. The summed E-state index contributed by atoms with van der Waals surface area (Å²) in [6, 6.07) is 0. The number of nitro groups is 2. The van der Waals surface area contributed by atoms with E-state index in [2.05, 4.69) is 4.98 Å². The Morgan fingerprint density at radius 1 is 1.21 bits per heavy atom. The van der Waals surface area contributed by atoms with E-state index in [9.17, 15) is 20.2 Å². The van der Waals surface area contributed by atoms with E-state index in [1.54, 1.807) is 0 Å². The summed E-state index contributed by atoms with van der Waals surface area (Å²) in [6.45, 7) is 0. The molecular weight excluding hydrogens is 194 g/mol. The zero-order valence-corrected chi connectivity index (χ0v) is 6.71. The predicted octanol–water partition coefficient (Wildman–Crippen LogP) is 0.0624. The van der Waals surface area contributed by atoms with Gasteiger partial charge in [-0.1, -0.05) is 0 Å². The molecule has 14 heavy (non-hydrogen) atoms. The lowest BCUT2D eigenvalue weighted by Crippen LogP contribution is -2.05. The molecule has 0 saturated heterocycles. The third kappa shape index (κ3) is 1.37. The van der Waals surface area contributed by atoms with Gasteiger partial charge in [0.2, 0.25) is 0 Å². The minimum Gasteiger partial charge on any atom is -0.390 e. The second-order valence-electron chi connectivity index (χ2n) is 2.31. The molecule has 9 nitrogen and oxygen atoms in total. The Labute approximate surface area is 76.6 Å². The van der Waals surface area contributed by atoms with Crippen molar-refractivity contribution in [3.05, 3.63) is 26.4 Å². The first-order chi connectivity index (χ1) is 6.45. The van der Waals surface area contributed by atoms with Gasteiger partial charge < -0.3 is 11.5 Å². The molecule has 0 aromatic carbocycles. The number of hydrogen-bond acceptors (Lipinski definition) is 7. The maximum atomic E-state index is 10.4. The second kappa shape index (κ2) is 3.12. The highest BCUT2D eigenvalue weighted by molar-refractivity contribution is 5.77. The number of rotatable bonds is 2. The van der Waals surface area contributed by atoms with Crippen LogP contribution in [-0.2, 0) is 0 Å². The van der Waals surface area contributed by atoms with E-state index in [1.807, 2.05) is 0 Å². The topological polar surface area (TPSA) is 151 Å². The first-order valence-electron chi connectivity index (χ1n) is 3.28. The maximum Gasteiger partial charge on any atom is 0.374 e. The van der Waals surface area contributed by atoms with Crippen LogP contribution in [-0.4, -0.2) is 14.8 Å². The van der Waals surface area contributed by atoms with Gasteiger partial charge in [-0.15, -0.1) is 0 Å². The Morgan fingerprint density at radius 3 is 2.21 bits per heavy atom. The van der Waals surface area contributed by atoms with Crippen LogP contribution in [0.5, 0.6) is 0 Å². The molecule has 0 aliphatic carbocycles. The lowest BCUT2D eigenvalue weighted by atomic mass is 10.3. The highest BCUT2D eigenvalue weighted by Crippen LogP contribution is 2.34. The Morgan fingerprint density at radius 2 is 1.79 bits per heavy atom. The van der Waals surface area contributed by atoms with Crippen LogP contribution >= 0.6 is 0 Å². The van der Waals surface area contributed by atoms with Crippen LogP contribution in [0.1, 0.15) is 0 Å². The molecule has 0 saturated carbocycles. The molecule has 0 atom stereocenters. The number of pyridine rings is 1. The average molecular weight is 199 g/mol. The quantitative estimate of drug-likeness (QED) is 0.504. The van der Waals surface area contributed by atoms with Crippen LogP contribution in [0.25, 0.3) is 0 Å². The van der Waals surface area contributed by atoms with Gasteiger partial charge in [-0.25, -0.2) is 4.98 Å². The van der Waals surface area contributed by atoms with Crippen molar-refractivity contribution in [2.45, 2.75) is 0 Å². The van der Waals surface area contributed by atoms with Gasteiger partial charge in [0.1, 0.15) is 6.20 Å². The van der Waals surface area contributed by atoms with Gasteiger partial charge in [0.15, 0.2) is 11.5 Å². The SMILES string of the molecule is Nc1ncc([N+](=O)[O-])c([N+](=O)[O-])c1N. The lowest BCUT2D eigenvalue weighted by Gasteiger charge is -1.99. The minimum absolute atomic E-state index is 0.303. The third-order valence-corrected chi connectivity index (χ3v) is 1.48. The number of hydrogen-bond donors (Lipinski definition) is 2. The summed E-state index contributed by atoms with van der Waals surface area (Å²) in [5, 5.41) is 20.8. The first-order valence-corrected chi connectivity index (χ1v) is 3.28. The van der Waals surface area contributed by atoms with Crippen molar-refractivity contribution in [1.82, 2.24) is 4.98 Å². The van der Waals surface area contributed by atoms with Gasteiger partial charge in [-0.3, -0.25) is 20.2 Å². The maximum absolute atomic E-state index is 10.4. The van der Waals surface area contributed by atoms with Crippen molar-refractivity contribution in [2.24, 2.45) is 0 Å². The van der Waals surface area contributed by atoms with Crippen LogP contribution in [0, 0.1) is 20.2 Å². The molecule has 0 bridgehead atoms. The fraction of sp³-hybridized carbons (Fsp3) is 0. The molecule has 0 amide bonds. The standard InChI is InChI=1S/C5H5N5O4/c6-3-4(10(13)14)2(9(11)12)1-8-5(3)7/h1H,6H2,(H2,7,8). The number of nitrogens with two attached hydrogens (primary N) is 2. The molecule has 4 N–H and O–H groups in total. The molecule has 1 rings (SSSR count). The minimum atomic E-state index is -0.967. The van der Waals surface area contributed by atoms with Gasteiger partial charge in [0, 0.05) is 0 Å². The summed E-state index contributed by atoms with van der Waals surface area (Å²) in [4.78, 5) is 22.2. The highest BCUT2D eigenvalue weighted by atomic mass is 16.6. The smallest absolute Gasteiger partial charge is 0.374 e. The molecule has 0 unspecified atom stereocenters. The van der Waals surface area contributed by atoms with E-state index in [4.69, 9.17) is 11.5 Å². The Hall–Kier alpha value is -2.45. The van der Waals surface area contributed by atoms with Crippen LogP contribution in [0.3, 0.4) is 0 Å². The van der Waals surface area contributed by atoms with Crippen LogP contribution in [0.15, 0.2) is 6.20 Å². The molecule has 74 valence electrons. The predicted molar refractivity (Wildman–Crippen MR) is 46.4 cm³/mol. The number of aromatic nitrogens is 1. The molecule has 0 fully saturated rings. The lowest BCUT2D eigenvalue weighted by molar-refractivity contribution is -0.422. The fourth-order valence-electron chi connectivity index (χ4n) is 0.846. The van der Waals surface area contributed by atoms with E-state index in [0.717, 1.165) is 0 Å². The second-order valence-corrected chi connectivity index (χ2v) is 2.31. The van der Waals surface area contributed by atoms with Crippen LogP contribution in [0.4, 0.5) is 22.9 Å². The highest BCUT2D eigenvalue weighted by Gasteiger charge is 2.29. The number of nitrogen functional groups attached to an aromatic ring is 2. The van der Waals surface area contributed by atoms with Gasteiger partial charge in [-0.2, -0.15) is 0 Å². The Bertz CT molecular complexity index is 417. The van der Waals surface area contributed by atoms with E-state index >= 15 is 0 Å². The molecule has 0 radical (unpaired) electrons. The van der Waals surface area contributed by atoms with Crippen LogP contribution < -0.4 is 11.5 Å². The van der Waals surface area contributed by atoms with E-state index in [-0.39, 0.29) is 5.82 Å². The molecular formula is C5H5N5O4. The zero-order chi connectivity index (χ0) is 10.9. The molecule has 1 heterocycles. The van der Waals surface area contributed by atoms with Crippen molar-refractivity contribution in [3.63, 3.8) is 0 Å². The van der Waals surface area contributed by atoms with E-state index in [1.165, 1.54) is 0 Å². The Kier molecular flexibility index (Phi) is 2.15. The van der Waals surface area contributed by atoms with Crippen molar-refractivity contribution in [1.29, 1.82) is 0 Å². The Balaban J connectivity index is 3.53. The fourth-order valence-corrected chi connectivity index (χ4v) is 0.846. The molecule has 0 spiro atoms. The summed E-state index contributed by atoms with van der Waals surface area (Å²) in [5.41, 5.74) is 8.25.